The first kappa shape index (κ1) is 20.6. The quantitative estimate of drug-likeness (QED) is 0.274. The second-order valence-electron chi connectivity index (χ2n) is 1.92. The van der Waals surface area contributed by atoms with Crippen LogP contribution < -0.4 is 0 Å². The van der Waals surface area contributed by atoms with E-state index in [-0.39, 0.29) is 59.1 Å². The molecule has 0 saturated heterocycles. The van der Waals surface area contributed by atoms with Crippen LogP contribution in [0.25, 0.3) is 0 Å². The van der Waals surface area contributed by atoms with Crippen molar-refractivity contribution in [2.24, 2.45) is 0 Å². The SMILES string of the molecule is O=P(O)(O)CC(O)P(=O)(O)O.[NaH].[NaH]. The monoisotopic (exact) mass is 254 g/mol. The van der Waals surface area contributed by atoms with Gasteiger partial charge in [-0.15, -0.1) is 0 Å². The average Bonchev–Trinajstić information content (AvgIpc) is 1.56. The Balaban J connectivity index is -0.000000500. The summed E-state index contributed by atoms with van der Waals surface area (Å²) in [6, 6.07) is 0. The Bertz CT molecular complexity index is 219. The normalized spacial score (nSPS) is 13.9. The Labute approximate surface area is 119 Å². The van der Waals surface area contributed by atoms with Crippen LogP contribution in [0.5, 0.6) is 0 Å². The number of aliphatic hydroxyl groups is 1. The van der Waals surface area contributed by atoms with Gasteiger partial charge in [-0.3, -0.25) is 9.13 Å². The molecule has 0 fully saturated rings. The first-order chi connectivity index (χ1) is 4.63. The van der Waals surface area contributed by atoms with Crippen LogP contribution in [-0.2, 0) is 9.13 Å². The molecule has 7 nitrogen and oxygen atoms in total. The summed E-state index contributed by atoms with van der Waals surface area (Å²) >= 11 is 0. The zero-order valence-corrected chi connectivity index (χ0v) is 7.02. The van der Waals surface area contributed by atoms with Gasteiger partial charge in [0.05, 0.1) is 6.16 Å². The summed E-state index contributed by atoms with van der Waals surface area (Å²) in [5.74, 6) is -2.29. The fourth-order valence-electron chi connectivity index (χ4n) is 0.319. The molecule has 11 heteroatoms. The van der Waals surface area contributed by atoms with Gasteiger partial charge in [0.2, 0.25) is 0 Å². The molecule has 0 aromatic carbocycles. The molecule has 0 heterocycles. The van der Waals surface area contributed by atoms with E-state index in [0.29, 0.717) is 0 Å². The van der Waals surface area contributed by atoms with Crippen LogP contribution in [0.3, 0.4) is 0 Å². The van der Waals surface area contributed by atoms with Crippen LogP contribution in [0.1, 0.15) is 0 Å². The Kier molecular flexibility index (Phi) is 11.9. The molecule has 1 atom stereocenters. The van der Waals surface area contributed by atoms with E-state index >= 15 is 0 Å². The van der Waals surface area contributed by atoms with Crippen LogP contribution in [0.4, 0.5) is 0 Å². The van der Waals surface area contributed by atoms with Gasteiger partial charge >= 0.3 is 74.3 Å². The Morgan fingerprint density at radius 3 is 1.38 bits per heavy atom. The maximum atomic E-state index is 10.1. The van der Waals surface area contributed by atoms with Gasteiger partial charge in [-0.2, -0.15) is 0 Å². The van der Waals surface area contributed by atoms with E-state index in [0.717, 1.165) is 0 Å². The van der Waals surface area contributed by atoms with Crippen LogP contribution in [0, 0.1) is 0 Å². The van der Waals surface area contributed by atoms with E-state index < -0.39 is 27.2 Å². The number of aliphatic hydroxyl groups excluding tert-OH is 1. The average molecular weight is 254 g/mol. The molecule has 13 heavy (non-hydrogen) atoms. The van der Waals surface area contributed by atoms with Gasteiger partial charge in [-0.25, -0.2) is 0 Å². The third-order valence-corrected chi connectivity index (χ3v) is 2.86. The molecule has 5 N–H and O–H groups in total. The molecule has 0 bridgehead atoms. The molecular formula is C2H10Na2O7P2. The number of hydrogen-bond acceptors (Lipinski definition) is 3. The Morgan fingerprint density at radius 2 is 1.31 bits per heavy atom. The zero-order valence-electron chi connectivity index (χ0n) is 5.23. The zero-order chi connectivity index (χ0) is 9.28. The van der Waals surface area contributed by atoms with E-state index in [2.05, 4.69) is 0 Å². The minimum atomic E-state index is -4.79. The van der Waals surface area contributed by atoms with Gasteiger partial charge in [0.15, 0.2) is 5.85 Å². The Morgan fingerprint density at radius 1 is 1.00 bits per heavy atom. The van der Waals surface area contributed by atoms with Crippen molar-refractivity contribution in [1.82, 2.24) is 0 Å². The van der Waals surface area contributed by atoms with Gasteiger partial charge in [-0.1, -0.05) is 0 Å². The molecule has 0 spiro atoms. The first-order valence-electron chi connectivity index (χ1n) is 2.41. The van der Waals surface area contributed by atoms with Crippen molar-refractivity contribution in [3.05, 3.63) is 0 Å². The fraction of sp³-hybridized carbons (Fsp3) is 1.00. The third kappa shape index (κ3) is 12.2. The summed E-state index contributed by atoms with van der Waals surface area (Å²) in [6.07, 6.45) is -1.22. The molecule has 0 aromatic rings. The fourth-order valence-corrected chi connectivity index (χ4v) is 2.23. The topological polar surface area (TPSA) is 135 Å². The summed E-state index contributed by atoms with van der Waals surface area (Å²) in [4.78, 5) is 32.7. The molecule has 0 aliphatic rings. The predicted octanol–water partition coefficient (Wildman–Crippen LogP) is -2.64. The standard InChI is InChI=1S/C2H8O7P2.2Na.2H/c3-2(11(7,8)9)1-10(4,5)6;;;;/h2-3H,1H2,(H2,4,5,6)(H2,7,8,9);;;;. The van der Waals surface area contributed by atoms with Gasteiger partial charge < -0.3 is 24.7 Å². The van der Waals surface area contributed by atoms with Crippen LogP contribution in [-0.4, -0.2) is 95.8 Å². The predicted molar refractivity (Wildman–Crippen MR) is 49.3 cm³/mol. The van der Waals surface area contributed by atoms with Crippen molar-refractivity contribution in [3.8, 4) is 0 Å². The van der Waals surface area contributed by atoms with Gasteiger partial charge in [0.25, 0.3) is 0 Å². The molecule has 0 radical (unpaired) electrons. The molecule has 0 amide bonds. The minimum absolute atomic E-state index is 0. The second-order valence-corrected chi connectivity index (χ2v) is 5.39. The molecular weight excluding hydrogens is 244 g/mol. The Hall–Kier alpha value is 2.26. The summed E-state index contributed by atoms with van der Waals surface area (Å²) in [5, 5.41) is 8.47. The molecule has 0 saturated carbocycles. The van der Waals surface area contributed by atoms with Gasteiger partial charge in [0.1, 0.15) is 0 Å². The van der Waals surface area contributed by atoms with Gasteiger partial charge in [0, 0.05) is 0 Å². The van der Waals surface area contributed by atoms with Crippen LogP contribution in [0.2, 0.25) is 0 Å². The van der Waals surface area contributed by atoms with Crippen molar-refractivity contribution >= 4 is 74.3 Å². The number of hydrogen-bond donors (Lipinski definition) is 5. The number of rotatable bonds is 3. The van der Waals surface area contributed by atoms with Crippen molar-refractivity contribution in [2.45, 2.75) is 5.85 Å². The summed E-state index contributed by atoms with van der Waals surface area (Å²) < 4.78 is 20.2. The maximum absolute atomic E-state index is 10.1. The van der Waals surface area contributed by atoms with Crippen molar-refractivity contribution < 1.29 is 33.8 Å². The molecule has 0 aliphatic carbocycles. The van der Waals surface area contributed by atoms with Crippen molar-refractivity contribution in [3.63, 3.8) is 0 Å². The second kappa shape index (κ2) is 7.52. The van der Waals surface area contributed by atoms with Crippen LogP contribution >= 0.6 is 15.2 Å². The third-order valence-electron chi connectivity index (χ3n) is 0.789. The summed E-state index contributed by atoms with van der Waals surface area (Å²) in [6.45, 7) is 0. The van der Waals surface area contributed by atoms with Crippen LogP contribution in [0.15, 0.2) is 0 Å². The van der Waals surface area contributed by atoms with E-state index in [1.807, 2.05) is 0 Å². The van der Waals surface area contributed by atoms with Crippen molar-refractivity contribution in [1.29, 1.82) is 0 Å². The van der Waals surface area contributed by atoms with E-state index in [9.17, 15) is 9.13 Å². The molecule has 1 unspecified atom stereocenters. The summed E-state index contributed by atoms with van der Waals surface area (Å²) in [5.41, 5.74) is 0. The summed E-state index contributed by atoms with van der Waals surface area (Å²) in [7, 11) is -9.35. The molecule has 0 aliphatic heterocycles. The van der Waals surface area contributed by atoms with E-state index in [4.69, 9.17) is 24.7 Å². The first-order valence-corrected chi connectivity index (χ1v) is 5.89. The van der Waals surface area contributed by atoms with Gasteiger partial charge in [-0.05, 0) is 0 Å². The molecule has 72 valence electrons. The molecule has 0 aromatic heterocycles. The van der Waals surface area contributed by atoms with E-state index in [1.165, 1.54) is 0 Å². The van der Waals surface area contributed by atoms with Crippen molar-refractivity contribution in [2.75, 3.05) is 6.16 Å². The van der Waals surface area contributed by atoms with E-state index in [1.54, 1.807) is 0 Å². The molecule has 0 rings (SSSR count).